The molecule has 1 N–H and O–H groups in total. The predicted molar refractivity (Wildman–Crippen MR) is 94.6 cm³/mol. The summed E-state index contributed by atoms with van der Waals surface area (Å²) in [6.45, 7) is 1.90. The minimum Gasteiger partial charge on any atom is -0.495 e. The second kappa shape index (κ2) is 7.70. The number of nitrogens with one attached hydrogen (secondary N) is 1. The van der Waals surface area contributed by atoms with Crippen molar-refractivity contribution in [3.63, 3.8) is 0 Å². The van der Waals surface area contributed by atoms with Crippen molar-refractivity contribution in [2.45, 2.75) is 13.0 Å². The van der Waals surface area contributed by atoms with Crippen LogP contribution in [-0.2, 0) is 0 Å². The molecule has 122 valence electrons. The van der Waals surface area contributed by atoms with Gasteiger partial charge in [-0.25, -0.2) is 0 Å². The van der Waals surface area contributed by atoms with Crippen LogP contribution in [0.1, 0.15) is 28.9 Å². The summed E-state index contributed by atoms with van der Waals surface area (Å²) >= 11 is 9.37. The number of methoxy groups -OCH3 is 2. The maximum absolute atomic E-state index is 12.5. The van der Waals surface area contributed by atoms with Gasteiger partial charge in [0, 0.05) is 10.6 Å². The summed E-state index contributed by atoms with van der Waals surface area (Å²) < 4.78 is 11.2. The number of rotatable bonds is 5. The largest absolute Gasteiger partial charge is 0.495 e. The molecule has 1 amide bonds. The highest BCUT2D eigenvalue weighted by atomic mass is 79.9. The standard InChI is InChI=1S/C17H17BrClNO3/c1-10(11-5-4-6-13(19)7-11)20-17(21)12-8-14(22-2)16(18)15(9-12)23-3/h4-10H,1-3H3,(H,20,21)/t10-/m0/s1. The van der Waals surface area contributed by atoms with Crippen molar-refractivity contribution in [3.8, 4) is 11.5 Å². The fourth-order valence-electron chi connectivity index (χ4n) is 2.14. The van der Waals surface area contributed by atoms with Gasteiger partial charge in [0.1, 0.15) is 16.0 Å². The van der Waals surface area contributed by atoms with Crippen LogP contribution < -0.4 is 14.8 Å². The molecule has 0 bridgehead atoms. The number of hydrogen-bond donors (Lipinski definition) is 1. The molecule has 0 radical (unpaired) electrons. The van der Waals surface area contributed by atoms with Crippen LogP contribution in [0.3, 0.4) is 0 Å². The average molecular weight is 399 g/mol. The Balaban J connectivity index is 2.23. The molecule has 4 nitrogen and oxygen atoms in total. The summed E-state index contributed by atoms with van der Waals surface area (Å²) in [6.07, 6.45) is 0. The van der Waals surface area contributed by atoms with E-state index < -0.39 is 0 Å². The van der Waals surface area contributed by atoms with E-state index in [2.05, 4.69) is 21.2 Å². The highest BCUT2D eigenvalue weighted by Gasteiger charge is 2.17. The number of halogens is 2. The highest BCUT2D eigenvalue weighted by molar-refractivity contribution is 9.10. The van der Waals surface area contributed by atoms with Gasteiger partial charge in [0.2, 0.25) is 0 Å². The summed E-state index contributed by atoms with van der Waals surface area (Å²) in [7, 11) is 3.08. The van der Waals surface area contributed by atoms with Crippen LogP contribution in [0, 0.1) is 0 Å². The lowest BCUT2D eigenvalue weighted by atomic mass is 10.1. The third-order valence-corrected chi connectivity index (χ3v) is 4.42. The van der Waals surface area contributed by atoms with Crippen LogP contribution in [-0.4, -0.2) is 20.1 Å². The minimum absolute atomic E-state index is 0.179. The molecule has 2 aromatic rings. The van der Waals surface area contributed by atoms with Gasteiger partial charge in [0.15, 0.2) is 0 Å². The Morgan fingerprint density at radius 3 is 2.30 bits per heavy atom. The van der Waals surface area contributed by atoms with E-state index >= 15 is 0 Å². The van der Waals surface area contributed by atoms with Crippen LogP contribution in [0.5, 0.6) is 11.5 Å². The Hall–Kier alpha value is -1.72. The zero-order valence-corrected chi connectivity index (χ0v) is 15.4. The third-order valence-electron chi connectivity index (χ3n) is 3.40. The Morgan fingerprint density at radius 1 is 1.17 bits per heavy atom. The molecular weight excluding hydrogens is 382 g/mol. The lowest BCUT2D eigenvalue weighted by molar-refractivity contribution is 0.0939. The van der Waals surface area contributed by atoms with Crippen LogP contribution >= 0.6 is 27.5 Å². The SMILES string of the molecule is COc1cc(C(=O)N[C@@H](C)c2cccc(Cl)c2)cc(OC)c1Br. The van der Waals surface area contributed by atoms with Crippen LogP contribution in [0.4, 0.5) is 0 Å². The van der Waals surface area contributed by atoms with Crippen LogP contribution in [0.25, 0.3) is 0 Å². The van der Waals surface area contributed by atoms with E-state index in [4.69, 9.17) is 21.1 Å². The average Bonchev–Trinajstić information content (AvgIpc) is 2.54. The monoisotopic (exact) mass is 397 g/mol. The van der Waals surface area contributed by atoms with E-state index in [-0.39, 0.29) is 11.9 Å². The number of amides is 1. The molecule has 0 saturated heterocycles. The van der Waals surface area contributed by atoms with E-state index in [1.165, 1.54) is 14.2 Å². The number of benzene rings is 2. The van der Waals surface area contributed by atoms with Gasteiger partial charge in [0.05, 0.1) is 20.3 Å². The van der Waals surface area contributed by atoms with Crippen molar-refractivity contribution in [1.29, 1.82) is 0 Å². The second-order valence-corrected chi connectivity index (χ2v) is 6.17. The first-order chi connectivity index (χ1) is 11.0. The maximum atomic E-state index is 12.5. The quantitative estimate of drug-likeness (QED) is 0.800. The Morgan fingerprint density at radius 2 is 1.78 bits per heavy atom. The molecule has 2 aromatic carbocycles. The number of carbonyl (C=O) groups excluding carboxylic acids is 1. The van der Waals surface area contributed by atoms with Gasteiger partial charge in [-0.15, -0.1) is 0 Å². The molecule has 0 unspecified atom stereocenters. The molecule has 0 aliphatic rings. The first-order valence-corrected chi connectivity index (χ1v) is 8.11. The van der Waals surface area contributed by atoms with Gasteiger partial charge < -0.3 is 14.8 Å². The molecule has 0 aliphatic carbocycles. The molecular formula is C17H17BrClNO3. The fourth-order valence-corrected chi connectivity index (χ4v) is 2.89. The lowest BCUT2D eigenvalue weighted by Crippen LogP contribution is -2.26. The zero-order valence-electron chi connectivity index (χ0n) is 13.0. The molecule has 0 heterocycles. The van der Waals surface area contributed by atoms with Gasteiger partial charge in [-0.3, -0.25) is 4.79 Å². The van der Waals surface area contributed by atoms with Gasteiger partial charge in [-0.1, -0.05) is 23.7 Å². The normalized spacial score (nSPS) is 11.7. The highest BCUT2D eigenvalue weighted by Crippen LogP contribution is 2.35. The first-order valence-electron chi connectivity index (χ1n) is 6.94. The van der Waals surface area contributed by atoms with Crippen molar-refractivity contribution in [3.05, 3.63) is 57.0 Å². The summed E-state index contributed by atoms with van der Waals surface area (Å²) in [6, 6.07) is 10.5. The van der Waals surface area contributed by atoms with Crippen LogP contribution in [0.15, 0.2) is 40.9 Å². The van der Waals surface area contributed by atoms with Gasteiger partial charge >= 0.3 is 0 Å². The van der Waals surface area contributed by atoms with E-state index in [9.17, 15) is 4.79 Å². The fraction of sp³-hybridized carbons (Fsp3) is 0.235. The van der Waals surface area contributed by atoms with Gasteiger partial charge in [-0.05, 0) is 52.7 Å². The second-order valence-electron chi connectivity index (χ2n) is 4.94. The molecule has 0 spiro atoms. The molecule has 0 aliphatic heterocycles. The van der Waals surface area contributed by atoms with Crippen molar-refractivity contribution < 1.29 is 14.3 Å². The van der Waals surface area contributed by atoms with Crippen molar-refractivity contribution in [2.75, 3.05) is 14.2 Å². The van der Waals surface area contributed by atoms with Gasteiger partial charge in [0.25, 0.3) is 5.91 Å². The summed E-state index contributed by atoms with van der Waals surface area (Å²) in [5, 5.41) is 3.57. The first kappa shape index (κ1) is 17.6. The number of hydrogen-bond acceptors (Lipinski definition) is 3. The molecule has 1 atom stereocenters. The summed E-state index contributed by atoms with van der Waals surface area (Å²) in [5.41, 5.74) is 1.39. The van der Waals surface area contributed by atoms with Crippen molar-refractivity contribution in [2.24, 2.45) is 0 Å². The van der Waals surface area contributed by atoms with E-state index in [1.54, 1.807) is 18.2 Å². The zero-order chi connectivity index (χ0) is 17.0. The van der Waals surface area contributed by atoms with E-state index in [0.717, 1.165) is 5.56 Å². The Bertz CT molecular complexity index is 696. The maximum Gasteiger partial charge on any atom is 0.252 e. The summed E-state index contributed by atoms with van der Waals surface area (Å²) in [4.78, 5) is 12.5. The minimum atomic E-state index is -0.221. The number of carbonyl (C=O) groups is 1. The molecule has 2 rings (SSSR count). The Labute approximate surface area is 148 Å². The van der Waals surface area contributed by atoms with Gasteiger partial charge in [-0.2, -0.15) is 0 Å². The Kier molecular flexibility index (Phi) is 5.91. The summed E-state index contributed by atoms with van der Waals surface area (Å²) in [5.74, 6) is 0.844. The van der Waals surface area contributed by atoms with Crippen molar-refractivity contribution >= 4 is 33.4 Å². The van der Waals surface area contributed by atoms with Crippen LogP contribution in [0.2, 0.25) is 5.02 Å². The smallest absolute Gasteiger partial charge is 0.252 e. The number of ether oxygens (including phenoxy) is 2. The molecule has 6 heteroatoms. The van der Waals surface area contributed by atoms with E-state index in [0.29, 0.717) is 26.6 Å². The molecule has 0 fully saturated rings. The molecule has 0 saturated carbocycles. The lowest BCUT2D eigenvalue weighted by Gasteiger charge is -2.16. The third kappa shape index (κ3) is 4.18. The molecule has 23 heavy (non-hydrogen) atoms. The van der Waals surface area contributed by atoms with Crippen molar-refractivity contribution in [1.82, 2.24) is 5.32 Å². The molecule has 0 aromatic heterocycles. The predicted octanol–water partition coefficient (Wildman–Crippen LogP) is 4.61. The van der Waals surface area contributed by atoms with E-state index in [1.807, 2.05) is 25.1 Å². The topological polar surface area (TPSA) is 47.6 Å².